The number of alkyl carbamates (subject to hydrolysis) is 1. The zero-order valence-corrected chi connectivity index (χ0v) is 18.4. The van der Waals surface area contributed by atoms with Crippen molar-refractivity contribution in [1.82, 2.24) is 5.32 Å². The van der Waals surface area contributed by atoms with Crippen molar-refractivity contribution < 1.29 is 29.0 Å². The highest BCUT2D eigenvalue weighted by Crippen LogP contribution is 2.44. The van der Waals surface area contributed by atoms with Gasteiger partial charge in [-0.05, 0) is 42.1 Å². The molecule has 0 aliphatic heterocycles. The molecule has 4 N–H and O–H groups in total. The number of nitrogens with two attached hydrogens (primary N) is 1. The number of aliphatic carboxylic acids is 1. The fourth-order valence-electron chi connectivity index (χ4n) is 3.48. The number of amides is 1. The number of carboxylic acid groups (broad SMARTS) is 1. The highest BCUT2D eigenvalue weighted by Gasteiger charge is 2.29. The molecule has 2 aromatic rings. The summed E-state index contributed by atoms with van der Waals surface area (Å²) in [6.07, 6.45) is -0.302. The average molecular weight is 443 g/mol. The van der Waals surface area contributed by atoms with Crippen LogP contribution in [0, 0.1) is 0 Å². The SMILES string of the molecule is CC(=O)C(CC(=O)O)NC(=O)OCC1c2ccccc2-c2ccccc21.COCCCN. The number of hydrogen-bond donors (Lipinski definition) is 3. The first-order valence-corrected chi connectivity index (χ1v) is 10.4. The van der Waals surface area contributed by atoms with Gasteiger partial charge in [0.1, 0.15) is 12.6 Å². The van der Waals surface area contributed by atoms with Crippen molar-refractivity contribution in [2.75, 3.05) is 26.9 Å². The van der Waals surface area contributed by atoms with Crippen LogP contribution in [-0.2, 0) is 19.1 Å². The second-order valence-corrected chi connectivity index (χ2v) is 7.37. The van der Waals surface area contributed by atoms with Crippen molar-refractivity contribution in [1.29, 1.82) is 0 Å². The van der Waals surface area contributed by atoms with Gasteiger partial charge in [0, 0.05) is 19.6 Å². The fraction of sp³-hybridized carbons (Fsp3) is 0.375. The minimum absolute atomic E-state index is 0.0941. The maximum atomic E-state index is 12.0. The lowest BCUT2D eigenvalue weighted by Crippen LogP contribution is -2.41. The van der Waals surface area contributed by atoms with Gasteiger partial charge in [0.2, 0.25) is 0 Å². The van der Waals surface area contributed by atoms with Crippen LogP contribution in [0.1, 0.15) is 36.8 Å². The van der Waals surface area contributed by atoms with E-state index in [9.17, 15) is 14.4 Å². The van der Waals surface area contributed by atoms with E-state index in [-0.39, 0.29) is 12.5 Å². The first-order valence-electron chi connectivity index (χ1n) is 10.4. The van der Waals surface area contributed by atoms with E-state index in [1.165, 1.54) is 6.92 Å². The van der Waals surface area contributed by atoms with E-state index in [2.05, 4.69) is 5.32 Å². The van der Waals surface area contributed by atoms with Crippen molar-refractivity contribution in [2.45, 2.75) is 31.7 Å². The lowest BCUT2D eigenvalue weighted by atomic mass is 9.98. The van der Waals surface area contributed by atoms with Crippen molar-refractivity contribution in [3.05, 3.63) is 59.7 Å². The Morgan fingerprint density at radius 1 is 1.06 bits per heavy atom. The fourth-order valence-corrected chi connectivity index (χ4v) is 3.48. The van der Waals surface area contributed by atoms with Crippen molar-refractivity contribution in [3.63, 3.8) is 0 Å². The van der Waals surface area contributed by atoms with Gasteiger partial charge in [0.05, 0.1) is 6.42 Å². The van der Waals surface area contributed by atoms with Gasteiger partial charge in [-0.1, -0.05) is 48.5 Å². The molecule has 0 fully saturated rings. The second-order valence-electron chi connectivity index (χ2n) is 7.37. The molecule has 8 nitrogen and oxygen atoms in total. The third kappa shape index (κ3) is 6.90. The van der Waals surface area contributed by atoms with Gasteiger partial charge in [-0.25, -0.2) is 4.79 Å². The lowest BCUT2D eigenvalue weighted by Gasteiger charge is -2.17. The van der Waals surface area contributed by atoms with Gasteiger partial charge in [-0.2, -0.15) is 0 Å². The summed E-state index contributed by atoms with van der Waals surface area (Å²) in [6.45, 7) is 2.86. The van der Waals surface area contributed by atoms with E-state index in [0.29, 0.717) is 0 Å². The van der Waals surface area contributed by atoms with Crippen molar-refractivity contribution in [3.8, 4) is 11.1 Å². The third-order valence-corrected chi connectivity index (χ3v) is 5.06. The van der Waals surface area contributed by atoms with E-state index < -0.39 is 30.3 Å². The van der Waals surface area contributed by atoms with Gasteiger partial charge in [0.15, 0.2) is 5.78 Å². The van der Waals surface area contributed by atoms with Crippen LogP contribution < -0.4 is 11.1 Å². The average Bonchev–Trinajstić information content (AvgIpc) is 3.09. The first kappa shape index (κ1) is 25.0. The van der Waals surface area contributed by atoms with E-state index in [4.69, 9.17) is 20.3 Å². The summed E-state index contributed by atoms with van der Waals surface area (Å²) in [5.74, 6) is -1.69. The van der Waals surface area contributed by atoms with E-state index in [1.54, 1.807) is 7.11 Å². The highest BCUT2D eigenvalue weighted by molar-refractivity contribution is 5.89. The van der Waals surface area contributed by atoms with Crippen LogP contribution in [0.5, 0.6) is 0 Å². The predicted molar refractivity (Wildman–Crippen MR) is 120 cm³/mol. The van der Waals surface area contributed by atoms with Crippen LogP contribution in [0.2, 0.25) is 0 Å². The van der Waals surface area contributed by atoms with Gasteiger partial charge < -0.3 is 25.6 Å². The van der Waals surface area contributed by atoms with Crippen molar-refractivity contribution in [2.24, 2.45) is 5.73 Å². The maximum Gasteiger partial charge on any atom is 0.407 e. The summed E-state index contributed by atoms with van der Waals surface area (Å²) in [4.78, 5) is 34.3. The molecular formula is C24H30N2O6. The third-order valence-electron chi connectivity index (χ3n) is 5.06. The Balaban J connectivity index is 0.000000534. The van der Waals surface area contributed by atoms with Crippen LogP contribution >= 0.6 is 0 Å². The molecule has 1 unspecified atom stereocenters. The van der Waals surface area contributed by atoms with Gasteiger partial charge in [0.25, 0.3) is 0 Å². The zero-order chi connectivity index (χ0) is 23.5. The maximum absolute atomic E-state index is 12.0. The normalized spacial score (nSPS) is 12.6. The Kier molecular flexibility index (Phi) is 9.84. The summed E-state index contributed by atoms with van der Waals surface area (Å²) < 4.78 is 10.0. The molecule has 0 radical (unpaired) electrons. The molecule has 1 amide bonds. The molecule has 1 aliphatic carbocycles. The standard InChI is InChI=1S/C20H19NO5.C4H11NO/c1-12(22)18(10-19(23)24)21-20(25)26-11-17-15-8-4-2-6-13(15)14-7-3-5-9-16(14)17;1-6-4-2-3-5/h2-9,17-18H,10-11H2,1H3,(H,21,25)(H,23,24);2-5H2,1H3. The molecule has 0 saturated heterocycles. The lowest BCUT2D eigenvalue weighted by molar-refractivity contribution is -0.139. The zero-order valence-electron chi connectivity index (χ0n) is 18.4. The van der Waals surface area contributed by atoms with Crippen LogP contribution in [0.25, 0.3) is 11.1 Å². The number of carboxylic acids is 1. The number of nitrogens with one attached hydrogen (secondary N) is 1. The Morgan fingerprint density at radius 3 is 2.06 bits per heavy atom. The summed E-state index contributed by atoms with van der Waals surface area (Å²) in [6, 6.07) is 14.8. The molecule has 0 spiro atoms. The summed E-state index contributed by atoms with van der Waals surface area (Å²) in [5.41, 5.74) is 9.52. The van der Waals surface area contributed by atoms with E-state index in [1.807, 2.05) is 48.5 Å². The number of hydrogen-bond acceptors (Lipinski definition) is 6. The number of Topliss-reactive ketones (excluding diaryl/α,β-unsaturated/α-hetero) is 1. The Labute approximate surface area is 187 Å². The number of rotatable bonds is 9. The summed E-state index contributed by atoms with van der Waals surface area (Å²) in [7, 11) is 1.68. The van der Waals surface area contributed by atoms with Crippen LogP contribution in [0.15, 0.2) is 48.5 Å². The molecule has 3 rings (SSSR count). The van der Waals surface area contributed by atoms with Crippen LogP contribution in [0.3, 0.4) is 0 Å². The number of ketones is 1. The number of methoxy groups -OCH3 is 1. The minimum Gasteiger partial charge on any atom is -0.481 e. The second kappa shape index (κ2) is 12.6. The summed E-state index contributed by atoms with van der Waals surface area (Å²) in [5, 5.41) is 11.2. The topological polar surface area (TPSA) is 128 Å². The molecule has 0 heterocycles. The molecule has 1 aliphatic rings. The van der Waals surface area contributed by atoms with Crippen LogP contribution in [0.4, 0.5) is 4.79 Å². The molecule has 32 heavy (non-hydrogen) atoms. The quantitative estimate of drug-likeness (QED) is 0.509. The molecule has 8 heteroatoms. The van der Waals surface area contributed by atoms with Crippen LogP contribution in [-0.4, -0.2) is 55.9 Å². The number of fused-ring (bicyclic) bond motifs is 3. The van der Waals surface area contributed by atoms with Gasteiger partial charge in [-0.3, -0.25) is 9.59 Å². The highest BCUT2D eigenvalue weighted by atomic mass is 16.5. The molecule has 0 aromatic heterocycles. The molecular weight excluding hydrogens is 412 g/mol. The Hall–Kier alpha value is -3.23. The molecule has 0 saturated carbocycles. The largest absolute Gasteiger partial charge is 0.481 e. The number of benzene rings is 2. The molecule has 0 bridgehead atoms. The monoisotopic (exact) mass is 442 g/mol. The Morgan fingerprint density at radius 2 is 1.62 bits per heavy atom. The number of carbonyl (C=O) groups excluding carboxylic acids is 2. The smallest absolute Gasteiger partial charge is 0.407 e. The number of carbonyl (C=O) groups is 3. The van der Waals surface area contributed by atoms with E-state index >= 15 is 0 Å². The minimum atomic E-state index is -1.16. The Bertz CT molecular complexity index is 881. The van der Waals surface area contributed by atoms with E-state index in [0.717, 1.165) is 41.8 Å². The summed E-state index contributed by atoms with van der Waals surface area (Å²) >= 11 is 0. The molecule has 1 atom stereocenters. The molecule has 172 valence electrons. The first-order chi connectivity index (χ1) is 15.4. The van der Waals surface area contributed by atoms with Crippen molar-refractivity contribution >= 4 is 17.8 Å². The predicted octanol–water partition coefficient (Wildman–Crippen LogP) is 2.94. The number of ether oxygens (including phenoxy) is 2. The van der Waals surface area contributed by atoms with Gasteiger partial charge >= 0.3 is 12.1 Å². The molecule has 2 aromatic carbocycles. The van der Waals surface area contributed by atoms with Gasteiger partial charge in [-0.15, -0.1) is 0 Å².